The van der Waals surface area contributed by atoms with Gasteiger partial charge in [0.05, 0.1) is 16.7 Å². The number of amides is 1. The molecule has 0 spiro atoms. The maximum absolute atomic E-state index is 12.1. The zero-order valence-electron chi connectivity index (χ0n) is 13.9. The lowest BCUT2D eigenvalue weighted by molar-refractivity contribution is 0.102. The molecule has 0 saturated carbocycles. The van der Waals surface area contributed by atoms with Crippen LogP contribution in [0.3, 0.4) is 0 Å². The summed E-state index contributed by atoms with van der Waals surface area (Å²) in [4.78, 5) is 31.5. The smallest absolute Gasteiger partial charge is 0.258 e. The van der Waals surface area contributed by atoms with Crippen molar-refractivity contribution in [3.63, 3.8) is 0 Å². The molecule has 0 unspecified atom stereocenters. The van der Waals surface area contributed by atoms with Crippen LogP contribution in [-0.4, -0.2) is 26.1 Å². The summed E-state index contributed by atoms with van der Waals surface area (Å²) in [5.41, 5.74) is 1.05. The van der Waals surface area contributed by atoms with E-state index in [1.807, 2.05) is 12.1 Å². The first kappa shape index (κ1) is 17.4. The van der Waals surface area contributed by atoms with Crippen LogP contribution in [0.4, 0.5) is 5.13 Å². The highest BCUT2D eigenvalue weighted by Crippen LogP contribution is 2.27. The molecule has 0 fully saturated rings. The van der Waals surface area contributed by atoms with Crippen molar-refractivity contribution in [1.29, 1.82) is 0 Å². The van der Waals surface area contributed by atoms with E-state index < -0.39 is 0 Å². The fourth-order valence-corrected chi connectivity index (χ4v) is 4.03. The minimum absolute atomic E-state index is 0.163. The third-order valence-corrected chi connectivity index (χ3v) is 5.64. The standard InChI is InChI=1S/C18H13N5O2S2/c24-15(11-6-2-1-3-7-11)21-17-22-23-18(27-17)26-10-14-19-13-9-5-4-8-12(13)16(25)20-14/h1-9H,10H2,(H,19,20,25)(H,21,22,24). The number of carbonyl (C=O) groups excluding carboxylic acids is 1. The van der Waals surface area contributed by atoms with Crippen molar-refractivity contribution in [2.45, 2.75) is 10.1 Å². The molecule has 4 aromatic rings. The number of thioether (sulfide) groups is 1. The van der Waals surface area contributed by atoms with Crippen LogP contribution < -0.4 is 10.9 Å². The summed E-state index contributed by atoms with van der Waals surface area (Å²) >= 11 is 2.67. The number of rotatable bonds is 5. The summed E-state index contributed by atoms with van der Waals surface area (Å²) in [6.07, 6.45) is 0. The highest BCUT2D eigenvalue weighted by molar-refractivity contribution is 8.00. The van der Waals surface area contributed by atoms with E-state index in [1.165, 1.54) is 23.1 Å². The van der Waals surface area contributed by atoms with Crippen LogP contribution in [0.5, 0.6) is 0 Å². The number of fused-ring (bicyclic) bond motifs is 1. The van der Waals surface area contributed by atoms with Crippen LogP contribution in [0.25, 0.3) is 10.9 Å². The normalized spacial score (nSPS) is 10.8. The zero-order valence-corrected chi connectivity index (χ0v) is 15.5. The molecule has 2 aromatic carbocycles. The van der Waals surface area contributed by atoms with Crippen molar-refractivity contribution in [3.8, 4) is 0 Å². The van der Waals surface area contributed by atoms with Crippen molar-refractivity contribution in [1.82, 2.24) is 20.2 Å². The van der Waals surface area contributed by atoms with Crippen molar-refractivity contribution in [2.24, 2.45) is 0 Å². The second-order valence-electron chi connectivity index (χ2n) is 5.51. The molecule has 4 rings (SSSR count). The van der Waals surface area contributed by atoms with E-state index >= 15 is 0 Å². The Morgan fingerprint density at radius 2 is 1.85 bits per heavy atom. The van der Waals surface area contributed by atoms with E-state index in [0.717, 1.165) is 0 Å². The van der Waals surface area contributed by atoms with Crippen LogP contribution in [0.2, 0.25) is 0 Å². The number of hydrogen-bond donors (Lipinski definition) is 2. The lowest BCUT2D eigenvalue weighted by atomic mass is 10.2. The highest BCUT2D eigenvalue weighted by Gasteiger charge is 2.11. The summed E-state index contributed by atoms with van der Waals surface area (Å²) in [5, 5.41) is 11.8. The summed E-state index contributed by atoms with van der Waals surface area (Å²) in [6.45, 7) is 0. The van der Waals surface area contributed by atoms with Gasteiger partial charge < -0.3 is 4.98 Å². The van der Waals surface area contributed by atoms with Crippen LogP contribution in [0.1, 0.15) is 16.2 Å². The molecule has 27 heavy (non-hydrogen) atoms. The van der Waals surface area contributed by atoms with Gasteiger partial charge in [0.1, 0.15) is 5.82 Å². The maximum Gasteiger partial charge on any atom is 0.258 e. The molecule has 0 aliphatic heterocycles. The summed E-state index contributed by atoms with van der Waals surface area (Å²) in [7, 11) is 0. The fourth-order valence-electron chi connectivity index (χ4n) is 2.41. The van der Waals surface area contributed by atoms with Gasteiger partial charge in [-0.2, -0.15) is 0 Å². The number of nitrogens with one attached hydrogen (secondary N) is 2. The Kier molecular flexibility index (Phi) is 4.95. The highest BCUT2D eigenvalue weighted by atomic mass is 32.2. The Morgan fingerprint density at radius 3 is 2.70 bits per heavy atom. The fraction of sp³-hybridized carbons (Fsp3) is 0.0556. The lowest BCUT2D eigenvalue weighted by Gasteiger charge is -2.01. The number of anilines is 1. The number of aromatic nitrogens is 4. The van der Waals surface area contributed by atoms with Crippen molar-refractivity contribution in [3.05, 3.63) is 76.3 Å². The third kappa shape index (κ3) is 4.04. The Morgan fingerprint density at radius 1 is 1.07 bits per heavy atom. The van der Waals surface area contributed by atoms with E-state index in [2.05, 4.69) is 25.5 Å². The molecule has 0 radical (unpaired) electrons. The molecule has 9 heteroatoms. The molecular weight excluding hydrogens is 382 g/mol. The van der Waals surface area contributed by atoms with Crippen LogP contribution in [0.15, 0.2) is 63.7 Å². The van der Waals surface area contributed by atoms with Gasteiger partial charge >= 0.3 is 0 Å². The molecule has 0 aliphatic carbocycles. The van der Waals surface area contributed by atoms with Crippen molar-refractivity contribution < 1.29 is 4.79 Å². The first-order chi connectivity index (χ1) is 13.2. The Bertz CT molecular complexity index is 1160. The van der Waals surface area contributed by atoms with E-state index in [9.17, 15) is 9.59 Å². The molecule has 0 atom stereocenters. The van der Waals surface area contributed by atoms with Gasteiger partial charge in [-0.15, -0.1) is 10.2 Å². The maximum atomic E-state index is 12.1. The molecule has 134 valence electrons. The Hall–Kier alpha value is -3.04. The van der Waals surface area contributed by atoms with Crippen LogP contribution >= 0.6 is 23.1 Å². The molecule has 1 amide bonds. The topological polar surface area (TPSA) is 101 Å². The molecule has 2 aromatic heterocycles. The summed E-state index contributed by atoms with van der Waals surface area (Å²) in [5.74, 6) is 0.777. The van der Waals surface area contributed by atoms with Gasteiger partial charge in [-0.05, 0) is 24.3 Å². The van der Waals surface area contributed by atoms with Crippen LogP contribution in [-0.2, 0) is 5.75 Å². The number of para-hydroxylation sites is 1. The SMILES string of the molecule is O=C(Nc1nnc(SCc2nc3ccccc3c(=O)[nH]2)s1)c1ccccc1. The third-order valence-electron chi connectivity index (χ3n) is 3.66. The average molecular weight is 395 g/mol. The number of aromatic amines is 1. The Balaban J connectivity index is 1.43. The molecule has 7 nitrogen and oxygen atoms in total. The first-order valence-electron chi connectivity index (χ1n) is 8.00. The molecular formula is C18H13N5O2S2. The molecule has 0 bridgehead atoms. The number of benzene rings is 2. The number of nitrogens with zero attached hydrogens (tertiary/aromatic N) is 3. The summed E-state index contributed by atoms with van der Waals surface area (Å²) < 4.78 is 0.675. The predicted molar refractivity (Wildman–Crippen MR) is 106 cm³/mol. The number of hydrogen-bond acceptors (Lipinski definition) is 7. The van der Waals surface area contributed by atoms with Crippen molar-refractivity contribution >= 4 is 45.0 Å². The molecule has 2 N–H and O–H groups in total. The van der Waals surface area contributed by atoms with E-state index in [-0.39, 0.29) is 11.5 Å². The zero-order chi connectivity index (χ0) is 18.6. The van der Waals surface area contributed by atoms with Gasteiger partial charge in [-0.3, -0.25) is 14.9 Å². The second kappa shape index (κ2) is 7.68. The monoisotopic (exact) mass is 395 g/mol. The first-order valence-corrected chi connectivity index (χ1v) is 9.80. The van der Waals surface area contributed by atoms with Gasteiger partial charge in [0, 0.05) is 5.56 Å². The average Bonchev–Trinajstić information content (AvgIpc) is 3.14. The number of H-pyrrole nitrogens is 1. The molecule has 2 heterocycles. The van der Waals surface area contributed by atoms with E-state index in [4.69, 9.17) is 0 Å². The van der Waals surface area contributed by atoms with Crippen LogP contribution in [0, 0.1) is 0 Å². The predicted octanol–water partition coefficient (Wildman–Crippen LogP) is 3.32. The van der Waals surface area contributed by atoms with Gasteiger partial charge in [0.25, 0.3) is 11.5 Å². The minimum atomic E-state index is -0.233. The molecule has 0 saturated heterocycles. The quantitative estimate of drug-likeness (QED) is 0.397. The molecule has 0 aliphatic rings. The van der Waals surface area contributed by atoms with E-state index in [1.54, 1.807) is 42.5 Å². The summed E-state index contributed by atoms with van der Waals surface area (Å²) in [6, 6.07) is 16.1. The van der Waals surface area contributed by atoms with E-state index in [0.29, 0.717) is 37.5 Å². The van der Waals surface area contributed by atoms with Gasteiger partial charge in [-0.1, -0.05) is 53.4 Å². The second-order valence-corrected chi connectivity index (χ2v) is 7.71. The van der Waals surface area contributed by atoms with Gasteiger partial charge in [0.2, 0.25) is 5.13 Å². The van der Waals surface area contributed by atoms with Gasteiger partial charge in [-0.25, -0.2) is 4.98 Å². The van der Waals surface area contributed by atoms with Crippen molar-refractivity contribution in [2.75, 3.05) is 5.32 Å². The largest absolute Gasteiger partial charge is 0.309 e. The number of carbonyl (C=O) groups is 1. The van der Waals surface area contributed by atoms with Gasteiger partial charge in [0.15, 0.2) is 4.34 Å². The Labute approximate surface area is 161 Å². The lowest BCUT2D eigenvalue weighted by Crippen LogP contribution is -2.11. The minimum Gasteiger partial charge on any atom is -0.309 e.